The van der Waals surface area contributed by atoms with Gasteiger partial charge in [-0.1, -0.05) is 13.0 Å². The van der Waals surface area contributed by atoms with E-state index < -0.39 is 0 Å². The third-order valence-electron chi connectivity index (χ3n) is 1.14. The maximum absolute atomic E-state index is 10.5. The predicted molar refractivity (Wildman–Crippen MR) is 36.4 cm³/mol. The van der Waals surface area contributed by atoms with Crippen LogP contribution in [0.25, 0.3) is 0 Å². The first-order valence-electron chi connectivity index (χ1n) is 3.50. The number of rotatable bonds is 1. The Labute approximate surface area is 54.9 Å². The number of H-pyrrole nitrogens is 1. The fourth-order valence-corrected chi connectivity index (χ4v) is 0.598. The van der Waals surface area contributed by atoms with Gasteiger partial charge in [0.05, 0.1) is 0 Å². The van der Waals surface area contributed by atoms with Crippen LogP contribution < -0.4 is 5.56 Å². The molecule has 0 aliphatic rings. The summed E-state index contributed by atoms with van der Waals surface area (Å²) in [5.74, 6) is 0. The van der Waals surface area contributed by atoms with Gasteiger partial charge in [0, 0.05) is 13.6 Å². The molecule has 2 nitrogen and oxygen atoms in total. The lowest BCUT2D eigenvalue weighted by Gasteiger charge is -1.90. The molecule has 1 rings (SSSR count). The molecule has 0 aromatic carbocycles. The quantitative estimate of drug-likeness (QED) is 0.593. The Morgan fingerprint density at radius 2 is 2.67 bits per heavy atom. The van der Waals surface area contributed by atoms with E-state index in [0.29, 0.717) is 13.3 Å². The molecule has 0 amide bonds. The Balaban J connectivity index is 2.79. The molecule has 48 valence electrons. The van der Waals surface area contributed by atoms with Crippen LogP contribution in [0.4, 0.5) is 0 Å². The van der Waals surface area contributed by atoms with Crippen molar-refractivity contribution in [1.82, 2.24) is 4.98 Å². The van der Waals surface area contributed by atoms with Crippen LogP contribution in [0.15, 0.2) is 23.1 Å². The molecule has 0 aliphatic carbocycles. The van der Waals surface area contributed by atoms with Crippen molar-refractivity contribution in [3.05, 3.63) is 34.2 Å². The van der Waals surface area contributed by atoms with Gasteiger partial charge in [0.15, 0.2) is 0 Å². The number of aromatic nitrogens is 1. The average molecular weight is 124 g/mol. The van der Waals surface area contributed by atoms with Gasteiger partial charge in [0.2, 0.25) is 5.56 Å². The zero-order valence-corrected chi connectivity index (χ0v) is 5.05. The molecule has 1 aromatic heterocycles. The van der Waals surface area contributed by atoms with Crippen molar-refractivity contribution in [1.29, 1.82) is 0 Å². The summed E-state index contributed by atoms with van der Waals surface area (Å²) in [6.45, 7) is 0.367. The summed E-state index contributed by atoms with van der Waals surface area (Å²) < 4.78 is 6.90. The Hall–Kier alpha value is -1.05. The number of pyridine rings is 1. The first-order valence-corrected chi connectivity index (χ1v) is 2.80. The van der Waals surface area contributed by atoms with E-state index in [9.17, 15) is 4.79 Å². The van der Waals surface area contributed by atoms with E-state index in [-0.39, 0.29) is 5.56 Å². The molecular formula is C7H9NO. The molecule has 2 heteroatoms. The van der Waals surface area contributed by atoms with Crippen LogP contribution >= 0.6 is 0 Å². The van der Waals surface area contributed by atoms with E-state index in [1.165, 1.54) is 6.07 Å². The molecule has 0 atom stereocenters. The van der Waals surface area contributed by atoms with Gasteiger partial charge < -0.3 is 4.98 Å². The van der Waals surface area contributed by atoms with Crippen LogP contribution in [0.5, 0.6) is 0 Å². The largest absolute Gasteiger partial charge is 0.329 e. The lowest BCUT2D eigenvalue weighted by atomic mass is 10.2. The van der Waals surface area contributed by atoms with Crippen molar-refractivity contribution >= 4 is 0 Å². The molecule has 0 spiro atoms. The van der Waals surface area contributed by atoms with Crippen molar-refractivity contribution in [2.24, 2.45) is 0 Å². The number of hydrogen-bond donors (Lipinski definition) is 1. The molecule has 0 radical (unpaired) electrons. The second-order valence-electron chi connectivity index (χ2n) is 1.81. The van der Waals surface area contributed by atoms with Gasteiger partial charge >= 0.3 is 0 Å². The van der Waals surface area contributed by atoms with Crippen molar-refractivity contribution < 1.29 is 1.37 Å². The second-order valence-corrected chi connectivity index (χ2v) is 1.81. The lowest BCUT2D eigenvalue weighted by molar-refractivity contribution is 1.08. The molecule has 0 bridgehead atoms. The van der Waals surface area contributed by atoms with E-state index in [1.54, 1.807) is 12.3 Å². The van der Waals surface area contributed by atoms with Gasteiger partial charge in [-0.3, -0.25) is 4.79 Å². The summed E-state index contributed by atoms with van der Waals surface area (Å²) >= 11 is 0. The van der Waals surface area contributed by atoms with Crippen LogP contribution in [-0.4, -0.2) is 4.98 Å². The van der Waals surface area contributed by atoms with Crippen LogP contribution in [-0.2, 0) is 6.42 Å². The zero-order valence-electron chi connectivity index (χ0n) is 6.05. The standard InChI is InChI=1S/C7H9NO/c1-2-6-3-4-7(9)8-5-6/h3-5H,2H2,1H3,(H,8,9)/i1D. The van der Waals surface area contributed by atoms with E-state index in [2.05, 4.69) is 4.98 Å². The smallest absolute Gasteiger partial charge is 0.247 e. The molecule has 1 N–H and O–H groups in total. The monoisotopic (exact) mass is 124 g/mol. The number of hydrogen-bond acceptors (Lipinski definition) is 1. The molecule has 9 heavy (non-hydrogen) atoms. The van der Waals surface area contributed by atoms with E-state index >= 15 is 0 Å². The fraction of sp³-hybridized carbons (Fsp3) is 0.286. The molecule has 1 aromatic rings. The zero-order chi connectivity index (χ0) is 7.40. The highest BCUT2D eigenvalue weighted by Gasteiger charge is 1.84. The molecule has 0 unspecified atom stereocenters. The summed E-state index contributed by atoms with van der Waals surface area (Å²) in [4.78, 5) is 13.1. The van der Waals surface area contributed by atoms with Gasteiger partial charge in [-0.2, -0.15) is 0 Å². The summed E-state index contributed by atoms with van der Waals surface area (Å²) in [7, 11) is 0. The van der Waals surface area contributed by atoms with Crippen LogP contribution in [0, 0.1) is 0 Å². The number of aromatic amines is 1. The fourth-order valence-electron chi connectivity index (χ4n) is 0.598. The predicted octanol–water partition coefficient (Wildman–Crippen LogP) is 0.937. The average Bonchev–Trinajstić information content (AvgIpc) is 1.95. The van der Waals surface area contributed by atoms with Crippen molar-refractivity contribution in [2.75, 3.05) is 0 Å². The Bertz CT molecular complexity index is 236. The number of nitrogens with one attached hydrogen (secondary N) is 1. The molecule has 0 saturated carbocycles. The molecule has 0 fully saturated rings. The Morgan fingerprint density at radius 3 is 3.22 bits per heavy atom. The minimum absolute atomic E-state index is 0.0891. The van der Waals surface area contributed by atoms with Crippen molar-refractivity contribution in [2.45, 2.75) is 13.3 Å². The van der Waals surface area contributed by atoms with Crippen LogP contribution in [0.1, 0.15) is 13.8 Å². The first-order chi connectivity index (χ1) is 4.83. The molecule has 0 saturated heterocycles. The minimum Gasteiger partial charge on any atom is -0.329 e. The van der Waals surface area contributed by atoms with Crippen molar-refractivity contribution in [3.8, 4) is 0 Å². The van der Waals surface area contributed by atoms with Crippen LogP contribution in [0.2, 0.25) is 0 Å². The summed E-state index contributed by atoms with van der Waals surface area (Å²) in [6.07, 6.45) is 2.35. The summed E-state index contributed by atoms with van der Waals surface area (Å²) in [5.41, 5.74) is 0.920. The maximum Gasteiger partial charge on any atom is 0.247 e. The highest BCUT2D eigenvalue weighted by atomic mass is 16.1. The third kappa shape index (κ3) is 1.42. The second kappa shape index (κ2) is 2.49. The maximum atomic E-state index is 10.5. The minimum atomic E-state index is -0.0891. The Kier molecular flexibility index (Phi) is 1.32. The highest BCUT2D eigenvalue weighted by Crippen LogP contribution is 1.91. The molecular weight excluding hydrogens is 114 g/mol. The van der Waals surface area contributed by atoms with Gasteiger partial charge in [-0.15, -0.1) is 0 Å². The Morgan fingerprint density at radius 1 is 1.78 bits per heavy atom. The van der Waals surface area contributed by atoms with E-state index in [0.717, 1.165) is 5.56 Å². The van der Waals surface area contributed by atoms with Gasteiger partial charge in [0.1, 0.15) is 0 Å². The SMILES string of the molecule is [2H]CCc1ccc(=O)[nH]c1. The highest BCUT2D eigenvalue weighted by molar-refractivity contribution is 5.07. The number of aryl methyl sites for hydroxylation is 1. The van der Waals surface area contributed by atoms with Gasteiger partial charge in [-0.25, -0.2) is 0 Å². The third-order valence-corrected chi connectivity index (χ3v) is 1.14. The molecule has 1 heterocycles. The summed E-state index contributed by atoms with van der Waals surface area (Å²) in [6, 6.07) is 3.22. The van der Waals surface area contributed by atoms with Gasteiger partial charge in [0.25, 0.3) is 0 Å². The normalized spacial score (nSPS) is 10.9. The topological polar surface area (TPSA) is 32.9 Å². The van der Waals surface area contributed by atoms with Gasteiger partial charge in [-0.05, 0) is 12.0 Å². The lowest BCUT2D eigenvalue weighted by Crippen LogP contribution is -2.01. The van der Waals surface area contributed by atoms with Crippen LogP contribution in [0.3, 0.4) is 0 Å². The first kappa shape index (κ1) is 4.79. The van der Waals surface area contributed by atoms with E-state index in [1.807, 2.05) is 0 Å². The summed E-state index contributed by atoms with van der Waals surface area (Å²) in [5, 5.41) is 0. The molecule has 0 aliphatic heterocycles. The van der Waals surface area contributed by atoms with E-state index in [4.69, 9.17) is 1.37 Å². The van der Waals surface area contributed by atoms with Crippen molar-refractivity contribution in [3.63, 3.8) is 0 Å².